The van der Waals surface area contributed by atoms with Crippen molar-refractivity contribution in [2.24, 2.45) is 0 Å². The normalized spacial score (nSPS) is 11.9. The number of benzene rings is 2. The molecule has 0 N–H and O–H groups in total. The van der Waals surface area contributed by atoms with E-state index in [0.717, 1.165) is 24.3 Å². The largest absolute Gasteiger partial charge is 0.426 e. The number of alkyl halides is 4. The third-order valence-corrected chi connectivity index (χ3v) is 4.53. The Balaban J connectivity index is 2.67. The van der Waals surface area contributed by atoms with E-state index in [4.69, 9.17) is 9.47 Å². The Morgan fingerprint density at radius 3 is 1.45 bits per heavy atom. The van der Waals surface area contributed by atoms with E-state index in [1.54, 1.807) is 0 Å². The van der Waals surface area contributed by atoms with Crippen LogP contribution in [0.2, 0.25) is 0 Å². The lowest BCUT2D eigenvalue weighted by atomic mass is 9.74. The predicted molar refractivity (Wildman–Crippen MR) is 97.8 cm³/mol. The molecule has 0 saturated heterocycles. The molecule has 4 nitrogen and oxygen atoms in total. The third-order valence-electron chi connectivity index (χ3n) is 4.53. The van der Waals surface area contributed by atoms with Crippen LogP contribution in [0, 0.1) is 13.8 Å². The lowest BCUT2D eigenvalue weighted by Gasteiger charge is -2.35. The van der Waals surface area contributed by atoms with Crippen molar-refractivity contribution in [2.75, 3.05) is 6.67 Å². The van der Waals surface area contributed by atoms with E-state index in [9.17, 15) is 27.2 Å². The SMILES string of the molecule is CC(=O)Oc1ccc(C(CF)(c2ccc(OC(C)=O)c(C)c2)C(F)(F)F)cc1C. The number of carbonyl (C=O) groups is 2. The van der Waals surface area contributed by atoms with Gasteiger partial charge in [0, 0.05) is 13.8 Å². The van der Waals surface area contributed by atoms with E-state index in [1.807, 2.05) is 0 Å². The standard InChI is InChI=1S/C21H20F4O4/c1-12-9-16(5-7-18(12)28-14(3)26)20(11-22,21(23,24)25)17-6-8-19(13(2)10-17)29-15(4)27/h5-10H,11H2,1-4H3. The zero-order chi connectivity index (χ0) is 22.0. The minimum Gasteiger partial charge on any atom is -0.426 e. The van der Waals surface area contributed by atoms with Gasteiger partial charge in [-0.25, -0.2) is 4.39 Å². The summed E-state index contributed by atoms with van der Waals surface area (Å²) in [5.41, 5.74) is -3.09. The second kappa shape index (κ2) is 8.23. The fourth-order valence-electron chi connectivity index (χ4n) is 3.09. The molecular weight excluding hydrogens is 392 g/mol. The first-order valence-corrected chi connectivity index (χ1v) is 8.64. The van der Waals surface area contributed by atoms with Crippen LogP contribution in [0.25, 0.3) is 0 Å². The van der Waals surface area contributed by atoms with Crippen LogP contribution in [0.5, 0.6) is 11.5 Å². The van der Waals surface area contributed by atoms with Gasteiger partial charge in [-0.3, -0.25) is 9.59 Å². The first kappa shape index (κ1) is 22.4. The number of aryl methyl sites for hydroxylation is 2. The molecular formula is C21H20F4O4. The van der Waals surface area contributed by atoms with E-state index in [1.165, 1.54) is 39.8 Å². The predicted octanol–water partition coefficient (Wildman–Crippen LogP) is 4.97. The maximum Gasteiger partial charge on any atom is 0.404 e. The Labute approximate surface area is 165 Å². The molecule has 0 aliphatic rings. The van der Waals surface area contributed by atoms with Gasteiger partial charge < -0.3 is 9.47 Å². The van der Waals surface area contributed by atoms with Gasteiger partial charge in [0.25, 0.3) is 0 Å². The number of halogens is 4. The summed E-state index contributed by atoms with van der Waals surface area (Å²) in [6.07, 6.45) is -4.97. The van der Waals surface area contributed by atoms with E-state index in [0.29, 0.717) is 0 Å². The topological polar surface area (TPSA) is 52.6 Å². The number of hydrogen-bond acceptors (Lipinski definition) is 4. The van der Waals surface area contributed by atoms with Crippen LogP contribution in [-0.2, 0) is 15.0 Å². The Bertz CT molecular complexity index is 869. The molecule has 0 amide bonds. The third kappa shape index (κ3) is 4.41. The molecule has 0 fully saturated rings. The van der Waals surface area contributed by atoms with Gasteiger partial charge in [-0.1, -0.05) is 24.3 Å². The van der Waals surface area contributed by atoms with Gasteiger partial charge in [-0.05, 0) is 48.2 Å². The molecule has 0 aliphatic heterocycles. The molecule has 29 heavy (non-hydrogen) atoms. The summed E-state index contributed by atoms with van der Waals surface area (Å²) in [7, 11) is 0. The van der Waals surface area contributed by atoms with Crippen molar-refractivity contribution < 1.29 is 36.6 Å². The molecule has 2 rings (SSSR count). The monoisotopic (exact) mass is 412 g/mol. The molecule has 0 spiro atoms. The van der Waals surface area contributed by atoms with Crippen molar-refractivity contribution in [2.45, 2.75) is 39.3 Å². The van der Waals surface area contributed by atoms with Crippen molar-refractivity contribution in [1.29, 1.82) is 0 Å². The lowest BCUT2D eigenvalue weighted by molar-refractivity contribution is -0.182. The average Bonchev–Trinajstić information content (AvgIpc) is 2.58. The van der Waals surface area contributed by atoms with Gasteiger partial charge in [-0.2, -0.15) is 13.2 Å². The van der Waals surface area contributed by atoms with Crippen LogP contribution in [0.1, 0.15) is 36.1 Å². The molecule has 0 bridgehead atoms. The van der Waals surface area contributed by atoms with Crippen molar-refractivity contribution in [3.63, 3.8) is 0 Å². The summed E-state index contributed by atoms with van der Waals surface area (Å²) in [4.78, 5) is 22.3. The van der Waals surface area contributed by atoms with Crippen LogP contribution in [-0.4, -0.2) is 24.8 Å². The van der Waals surface area contributed by atoms with Gasteiger partial charge in [0.05, 0.1) is 0 Å². The van der Waals surface area contributed by atoms with Crippen molar-refractivity contribution >= 4 is 11.9 Å². The molecule has 156 valence electrons. The van der Waals surface area contributed by atoms with Crippen LogP contribution >= 0.6 is 0 Å². The first-order valence-electron chi connectivity index (χ1n) is 8.64. The Morgan fingerprint density at radius 2 is 1.21 bits per heavy atom. The quantitative estimate of drug-likeness (QED) is 0.395. The van der Waals surface area contributed by atoms with Crippen molar-refractivity contribution in [3.05, 3.63) is 58.7 Å². The van der Waals surface area contributed by atoms with E-state index < -0.39 is 30.2 Å². The summed E-state index contributed by atoms with van der Waals surface area (Å²) >= 11 is 0. The first-order chi connectivity index (χ1) is 13.4. The molecule has 0 heterocycles. The minimum atomic E-state index is -4.97. The van der Waals surface area contributed by atoms with Gasteiger partial charge in [-0.15, -0.1) is 0 Å². The lowest BCUT2D eigenvalue weighted by Crippen LogP contribution is -2.45. The Morgan fingerprint density at radius 1 is 0.828 bits per heavy atom. The fraction of sp³-hybridized carbons (Fsp3) is 0.333. The van der Waals surface area contributed by atoms with Gasteiger partial charge in [0.15, 0.2) is 0 Å². The molecule has 2 aromatic carbocycles. The Kier molecular flexibility index (Phi) is 6.35. The number of carbonyl (C=O) groups excluding carboxylic acids is 2. The molecule has 0 aromatic heterocycles. The molecule has 0 aliphatic carbocycles. The minimum absolute atomic E-state index is 0.0950. The maximum absolute atomic E-state index is 14.2. The van der Waals surface area contributed by atoms with Crippen LogP contribution in [0.3, 0.4) is 0 Å². The van der Waals surface area contributed by atoms with E-state index in [-0.39, 0.29) is 33.8 Å². The zero-order valence-corrected chi connectivity index (χ0v) is 16.3. The average molecular weight is 412 g/mol. The summed E-state index contributed by atoms with van der Waals surface area (Å²) in [6, 6.07) is 6.91. The smallest absolute Gasteiger partial charge is 0.404 e. The number of esters is 2. The van der Waals surface area contributed by atoms with Crippen LogP contribution in [0.4, 0.5) is 17.6 Å². The highest BCUT2D eigenvalue weighted by Crippen LogP contribution is 2.48. The molecule has 0 atom stereocenters. The van der Waals surface area contributed by atoms with Crippen molar-refractivity contribution in [1.82, 2.24) is 0 Å². The highest BCUT2D eigenvalue weighted by Gasteiger charge is 2.57. The summed E-state index contributed by atoms with van der Waals surface area (Å²) in [5.74, 6) is -1.05. The van der Waals surface area contributed by atoms with E-state index >= 15 is 0 Å². The summed E-state index contributed by atoms with van der Waals surface area (Å²) in [6.45, 7) is 3.53. The fourth-order valence-corrected chi connectivity index (χ4v) is 3.09. The Hall–Kier alpha value is -2.90. The molecule has 0 saturated carbocycles. The second-order valence-corrected chi connectivity index (χ2v) is 6.68. The number of ether oxygens (including phenoxy) is 2. The highest BCUT2D eigenvalue weighted by atomic mass is 19.4. The second-order valence-electron chi connectivity index (χ2n) is 6.68. The van der Waals surface area contributed by atoms with E-state index in [2.05, 4.69) is 0 Å². The van der Waals surface area contributed by atoms with Gasteiger partial charge in [0.1, 0.15) is 23.6 Å². The van der Waals surface area contributed by atoms with Crippen molar-refractivity contribution in [3.8, 4) is 11.5 Å². The van der Waals surface area contributed by atoms with Crippen LogP contribution < -0.4 is 9.47 Å². The molecule has 0 radical (unpaired) electrons. The zero-order valence-electron chi connectivity index (χ0n) is 16.3. The summed E-state index contributed by atoms with van der Waals surface area (Å²) in [5, 5.41) is 0. The number of rotatable bonds is 5. The van der Waals surface area contributed by atoms with Crippen LogP contribution in [0.15, 0.2) is 36.4 Å². The highest BCUT2D eigenvalue weighted by molar-refractivity contribution is 5.70. The van der Waals surface area contributed by atoms with Gasteiger partial charge >= 0.3 is 18.1 Å². The van der Waals surface area contributed by atoms with Gasteiger partial charge in [0.2, 0.25) is 0 Å². The maximum atomic E-state index is 14.2. The number of hydrogen-bond donors (Lipinski definition) is 0. The molecule has 2 aromatic rings. The summed E-state index contributed by atoms with van der Waals surface area (Å²) < 4.78 is 66.7. The molecule has 8 heteroatoms. The molecule has 0 unspecified atom stereocenters.